The van der Waals surface area contributed by atoms with E-state index in [0.717, 1.165) is 18.7 Å². The number of carbonyl (C=O) groups is 1. The van der Waals surface area contributed by atoms with E-state index in [9.17, 15) is 4.79 Å². The first-order valence-corrected chi connectivity index (χ1v) is 7.68. The van der Waals surface area contributed by atoms with Gasteiger partial charge in [-0.15, -0.1) is 0 Å². The minimum atomic E-state index is -0.513. The number of rotatable bonds is 4. The normalized spacial score (nSPS) is 24.3. The number of ether oxygens (including phenoxy) is 1. The monoisotopic (exact) mass is 324 g/mol. The van der Waals surface area contributed by atoms with Gasteiger partial charge in [-0.3, -0.25) is 0 Å². The number of likely N-dealkylation sites (tertiary alicyclic amines) is 1. The van der Waals surface area contributed by atoms with E-state index >= 15 is 0 Å². The summed E-state index contributed by atoms with van der Waals surface area (Å²) in [6.07, 6.45) is 0.809. The van der Waals surface area contributed by atoms with Crippen LogP contribution in [0, 0.1) is 5.92 Å². The molecule has 0 unspecified atom stereocenters. The number of nitrogens with zero attached hydrogens (tertiary/aromatic N) is 2. The molecule has 1 aliphatic rings. The molecule has 120 valence electrons. The van der Waals surface area contributed by atoms with Gasteiger partial charge in [-0.05, 0) is 38.2 Å². The zero-order valence-electron chi connectivity index (χ0n) is 13.1. The summed E-state index contributed by atoms with van der Waals surface area (Å²) < 4.78 is 5.32. The van der Waals surface area contributed by atoms with Crippen LogP contribution in [0.15, 0.2) is 29.4 Å². The Morgan fingerprint density at radius 3 is 2.73 bits per heavy atom. The van der Waals surface area contributed by atoms with Crippen LogP contribution in [-0.4, -0.2) is 42.8 Å². The van der Waals surface area contributed by atoms with Gasteiger partial charge in [0.05, 0.1) is 5.71 Å². The summed E-state index contributed by atoms with van der Waals surface area (Å²) in [6, 6.07) is 7.19. The molecule has 1 heterocycles. The predicted molar refractivity (Wildman–Crippen MR) is 86.3 cm³/mol. The van der Waals surface area contributed by atoms with Crippen molar-refractivity contribution < 1.29 is 14.4 Å². The van der Waals surface area contributed by atoms with Gasteiger partial charge in [0.2, 0.25) is 0 Å². The summed E-state index contributed by atoms with van der Waals surface area (Å²) in [4.78, 5) is 18.9. The fourth-order valence-corrected chi connectivity index (χ4v) is 2.44. The molecule has 0 spiro atoms. The topological polar surface area (TPSA) is 51.1 Å². The molecule has 0 radical (unpaired) electrons. The molecule has 2 atom stereocenters. The lowest BCUT2D eigenvalue weighted by Crippen LogP contribution is -2.43. The van der Waals surface area contributed by atoms with E-state index in [1.807, 2.05) is 0 Å². The summed E-state index contributed by atoms with van der Waals surface area (Å²) in [5.74, 6) is 0.336. The van der Waals surface area contributed by atoms with Crippen LogP contribution in [0.4, 0.5) is 0 Å². The van der Waals surface area contributed by atoms with Crippen LogP contribution >= 0.6 is 11.6 Å². The average molecular weight is 325 g/mol. The van der Waals surface area contributed by atoms with Crippen molar-refractivity contribution in [3.8, 4) is 5.75 Å². The maximum Gasteiger partial charge on any atom is 0.372 e. The summed E-state index contributed by atoms with van der Waals surface area (Å²) in [7, 11) is 2.09. The predicted octanol–water partition coefficient (Wildman–Crippen LogP) is 2.98. The van der Waals surface area contributed by atoms with Crippen LogP contribution in [0.25, 0.3) is 0 Å². The van der Waals surface area contributed by atoms with E-state index in [4.69, 9.17) is 21.2 Å². The first kappa shape index (κ1) is 16.8. The summed E-state index contributed by atoms with van der Waals surface area (Å²) in [6.45, 7) is 4.95. The second-order valence-electron chi connectivity index (χ2n) is 5.68. The second kappa shape index (κ2) is 7.61. The highest BCUT2D eigenvalue weighted by Crippen LogP contribution is 2.18. The third-order valence-corrected chi connectivity index (χ3v) is 4.07. The Kier molecular flexibility index (Phi) is 5.80. The van der Waals surface area contributed by atoms with E-state index in [-0.39, 0.29) is 12.5 Å². The molecule has 1 saturated heterocycles. The average Bonchev–Trinajstić information content (AvgIpc) is 2.49. The van der Waals surface area contributed by atoms with Gasteiger partial charge in [0.1, 0.15) is 5.75 Å². The molecule has 0 bridgehead atoms. The minimum Gasteiger partial charge on any atom is -0.482 e. The maximum atomic E-state index is 11.7. The first-order valence-electron chi connectivity index (χ1n) is 7.31. The van der Waals surface area contributed by atoms with Crippen molar-refractivity contribution in [2.45, 2.75) is 26.3 Å². The summed E-state index contributed by atoms with van der Waals surface area (Å²) in [5, 5.41) is 4.63. The number of hydrogen-bond donors (Lipinski definition) is 0. The Morgan fingerprint density at radius 2 is 2.05 bits per heavy atom. The molecule has 1 fully saturated rings. The molecular formula is C16H21ClN2O3. The highest BCUT2D eigenvalue weighted by molar-refractivity contribution is 6.30. The van der Waals surface area contributed by atoms with Crippen molar-refractivity contribution in [1.82, 2.24) is 4.90 Å². The molecule has 1 aliphatic heterocycles. The van der Waals surface area contributed by atoms with Gasteiger partial charge >= 0.3 is 5.97 Å². The van der Waals surface area contributed by atoms with Crippen molar-refractivity contribution in [2.75, 3.05) is 20.2 Å². The number of hydrogen-bond acceptors (Lipinski definition) is 5. The molecule has 0 N–H and O–H groups in total. The lowest BCUT2D eigenvalue weighted by molar-refractivity contribution is -0.146. The Hall–Kier alpha value is -1.59. The van der Waals surface area contributed by atoms with Gasteiger partial charge in [0.25, 0.3) is 0 Å². The molecule has 6 heteroatoms. The van der Waals surface area contributed by atoms with Crippen molar-refractivity contribution in [3.05, 3.63) is 29.3 Å². The number of carbonyl (C=O) groups excluding carboxylic acids is 1. The van der Waals surface area contributed by atoms with Crippen molar-refractivity contribution >= 4 is 23.3 Å². The van der Waals surface area contributed by atoms with Crippen LogP contribution in [0.3, 0.4) is 0 Å². The Morgan fingerprint density at radius 1 is 1.36 bits per heavy atom. The van der Waals surface area contributed by atoms with Gasteiger partial charge in [0, 0.05) is 29.9 Å². The van der Waals surface area contributed by atoms with Crippen LogP contribution in [0.2, 0.25) is 5.02 Å². The standard InChI is InChI=1S/C16H21ClN2O3/c1-11-9-19(3)12(2)8-15(11)18-22-16(20)10-21-14-6-4-13(17)5-7-14/h4-7,11-12H,8-10H2,1-3H3/b18-15-/t11-,12-/m0/s1. The quantitative estimate of drug-likeness (QED) is 0.631. The fraction of sp³-hybridized carbons (Fsp3) is 0.500. The molecule has 0 saturated carbocycles. The van der Waals surface area contributed by atoms with Crippen molar-refractivity contribution in [1.29, 1.82) is 0 Å². The van der Waals surface area contributed by atoms with Gasteiger partial charge in [0.15, 0.2) is 6.61 Å². The highest BCUT2D eigenvalue weighted by atomic mass is 35.5. The largest absolute Gasteiger partial charge is 0.482 e. The number of oxime groups is 1. The summed E-state index contributed by atoms with van der Waals surface area (Å²) >= 11 is 5.78. The van der Waals surface area contributed by atoms with E-state index in [1.165, 1.54) is 0 Å². The third-order valence-electron chi connectivity index (χ3n) is 3.82. The summed E-state index contributed by atoms with van der Waals surface area (Å²) in [5.41, 5.74) is 0.922. The van der Waals surface area contributed by atoms with E-state index in [0.29, 0.717) is 16.8 Å². The first-order chi connectivity index (χ1) is 10.5. The Bertz CT molecular complexity index is 545. The van der Waals surface area contributed by atoms with E-state index < -0.39 is 5.97 Å². The van der Waals surface area contributed by atoms with Gasteiger partial charge in [-0.2, -0.15) is 0 Å². The lowest BCUT2D eigenvalue weighted by Gasteiger charge is -2.34. The molecule has 1 aromatic carbocycles. The van der Waals surface area contributed by atoms with Crippen LogP contribution in [0.5, 0.6) is 5.75 Å². The highest BCUT2D eigenvalue weighted by Gasteiger charge is 2.26. The molecular weight excluding hydrogens is 304 g/mol. The molecule has 0 amide bonds. The zero-order chi connectivity index (χ0) is 16.1. The Balaban J connectivity index is 1.81. The molecule has 0 aromatic heterocycles. The number of halogens is 1. The van der Waals surface area contributed by atoms with Gasteiger partial charge < -0.3 is 14.5 Å². The Labute approximate surface area is 135 Å². The third kappa shape index (κ3) is 4.71. The molecule has 2 rings (SSSR count). The second-order valence-corrected chi connectivity index (χ2v) is 6.12. The van der Waals surface area contributed by atoms with Gasteiger partial charge in [-0.25, -0.2) is 4.79 Å². The van der Waals surface area contributed by atoms with Gasteiger partial charge in [-0.1, -0.05) is 23.7 Å². The van der Waals surface area contributed by atoms with Crippen LogP contribution < -0.4 is 4.74 Å². The van der Waals surface area contributed by atoms with Crippen molar-refractivity contribution in [2.24, 2.45) is 11.1 Å². The molecule has 0 aliphatic carbocycles. The van der Waals surface area contributed by atoms with E-state index in [1.54, 1.807) is 24.3 Å². The number of benzene rings is 1. The zero-order valence-corrected chi connectivity index (χ0v) is 13.8. The van der Waals surface area contributed by atoms with E-state index in [2.05, 4.69) is 31.0 Å². The van der Waals surface area contributed by atoms with Crippen LogP contribution in [-0.2, 0) is 9.63 Å². The maximum absolute atomic E-state index is 11.7. The molecule has 1 aromatic rings. The molecule has 22 heavy (non-hydrogen) atoms. The number of piperidine rings is 1. The SMILES string of the molecule is C[C@H]1CN(C)[C@@H](C)C/C1=N/OC(=O)COc1ccc(Cl)cc1. The van der Waals surface area contributed by atoms with Crippen LogP contribution in [0.1, 0.15) is 20.3 Å². The molecule has 5 nitrogen and oxygen atoms in total. The minimum absolute atomic E-state index is 0.178. The fourth-order valence-electron chi connectivity index (χ4n) is 2.31. The smallest absolute Gasteiger partial charge is 0.372 e. The lowest BCUT2D eigenvalue weighted by atomic mass is 9.93. The van der Waals surface area contributed by atoms with Crippen molar-refractivity contribution in [3.63, 3.8) is 0 Å².